The van der Waals surface area contributed by atoms with Crippen molar-refractivity contribution in [1.82, 2.24) is 24.6 Å². The fourth-order valence-corrected chi connectivity index (χ4v) is 4.33. The topological polar surface area (TPSA) is 63.5 Å². The molecule has 0 bridgehead atoms. The molecule has 0 radical (unpaired) electrons. The van der Waals surface area contributed by atoms with Crippen LogP contribution in [-0.4, -0.2) is 69.1 Å². The fraction of sp³-hybridized carbons (Fsp3) is 0.526. The summed E-state index contributed by atoms with van der Waals surface area (Å²) in [5.41, 5.74) is 2.61. The monoisotopic (exact) mass is 387 g/mol. The summed E-state index contributed by atoms with van der Waals surface area (Å²) in [6.07, 6.45) is 0.931. The molecular formula is C19H25N5O2S. The molecule has 2 aliphatic heterocycles. The summed E-state index contributed by atoms with van der Waals surface area (Å²) >= 11 is 1.47. The fourth-order valence-electron chi connectivity index (χ4n) is 3.49. The maximum Gasteiger partial charge on any atom is 0.233 e. The van der Waals surface area contributed by atoms with Gasteiger partial charge in [-0.05, 0) is 17.5 Å². The van der Waals surface area contributed by atoms with Gasteiger partial charge < -0.3 is 14.2 Å². The van der Waals surface area contributed by atoms with Gasteiger partial charge in [0, 0.05) is 33.2 Å². The standard InChI is InChI=1S/C19H25N5O2S/c1-22-17(13-23-8-10-26-11-9-23)20-21-19(22)27-14-18(25)24-7-6-15-4-2-3-5-16(15)12-24/h2-5H,6-14H2,1H3. The molecule has 3 heterocycles. The van der Waals surface area contributed by atoms with E-state index in [-0.39, 0.29) is 5.91 Å². The van der Waals surface area contributed by atoms with Crippen molar-refractivity contribution in [3.05, 3.63) is 41.2 Å². The first-order valence-electron chi connectivity index (χ1n) is 9.36. The average molecular weight is 388 g/mol. The molecule has 1 saturated heterocycles. The first-order chi connectivity index (χ1) is 13.2. The van der Waals surface area contributed by atoms with Gasteiger partial charge in [0.15, 0.2) is 5.16 Å². The molecule has 2 aliphatic rings. The number of carbonyl (C=O) groups is 1. The molecule has 1 amide bonds. The number of hydrogen-bond donors (Lipinski definition) is 0. The average Bonchev–Trinajstić information content (AvgIpc) is 3.06. The minimum atomic E-state index is 0.159. The van der Waals surface area contributed by atoms with Gasteiger partial charge in [0.25, 0.3) is 0 Å². The van der Waals surface area contributed by atoms with Crippen LogP contribution in [0.5, 0.6) is 0 Å². The van der Waals surface area contributed by atoms with Crippen molar-refractivity contribution >= 4 is 17.7 Å². The number of morpholine rings is 1. The second-order valence-electron chi connectivity index (χ2n) is 6.97. The third-order valence-corrected chi connectivity index (χ3v) is 6.21. The highest BCUT2D eigenvalue weighted by Gasteiger charge is 2.22. The number of ether oxygens (including phenoxy) is 1. The molecule has 1 aromatic heterocycles. The minimum Gasteiger partial charge on any atom is -0.379 e. The number of carbonyl (C=O) groups excluding carboxylic acids is 1. The quantitative estimate of drug-likeness (QED) is 0.721. The van der Waals surface area contributed by atoms with Crippen LogP contribution in [0.3, 0.4) is 0 Å². The van der Waals surface area contributed by atoms with E-state index < -0.39 is 0 Å². The summed E-state index contributed by atoms with van der Waals surface area (Å²) in [6, 6.07) is 8.37. The molecule has 0 spiro atoms. The Morgan fingerprint density at radius 1 is 1.15 bits per heavy atom. The number of thioether (sulfide) groups is 1. The van der Waals surface area contributed by atoms with Crippen LogP contribution in [0.2, 0.25) is 0 Å². The minimum absolute atomic E-state index is 0.159. The number of fused-ring (bicyclic) bond motifs is 1. The highest BCUT2D eigenvalue weighted by molar-refractivity contribution is 7.99. The number of aromatic nitrogens is 3. The highest BCUT2D eigenvalue weighted by Crippen LogP contribution is 2.21. The van der Waals surface area contributed by atoms with E-state index in [2.05, 4.69) is 33.3 Å². The van der Waals surface area contributed by atoms with E-state index in [1.54, 1.807) is 0 Å². The molecule has 0 atom stereocenters. The second kappa shape index (κ2) is 8.41. The molecule has 1 aromatic carbocycles. The Labute approximate surface area is 163 Å². The molecule has 0 unspecified atom stereocenters. The lowest BCUT2D eigenvalue weighted by atomic mass is 10.00. The summed E-state index contributed by atoms with van der Waals surface area (Å²) in [5, 5.41) is 9.39. The molecule has 0 N–H and O–H groups in total. The van der Waals surface area contributed by atoms with Crippen molar-refractivity contribution in [1.29, 1.82) is 0 Å². The maximum absolute atomic E-state index is 12.6. The SMILES string of the molecule is Cn1c(CN2CCOCC2)nnc1SCC(=O)N1CCc2ccccc2C1. The predicted molar refractivity (Wildman–Crippen MR) is 103 cm³/mol. The van der Waals surface area contributed by atoms with E-state index in [0.717, 1.165) is 56.8 Å². The van der Waals surface area contributed by atoms with E-state index >= 15 is 0 Å². The van der Waals surface area contributed by atoms with Crippen molar-refractivity contribution in [2.24, 2.45) is 7.05 Å². The Balaban J connectivity index is 1.32. The number of rotatable bonds is 5. The Morgan fingerprint density at radius 3 is 2.74 bits per heavy atom. The molecule has 0 aliphatic carbocycles. The molecular weight excluding hydrogens is 362 g/mol. The van der Waals surface area contributed by atoms with Gasteiger partial charge in [0.05, 0.1) is 25.5 Å². The van der Waals surface area contributed by atoms with Crippen LogP contribution >= 0.6 is 11.8 Å². The van der Waals surface area contributed by atoms with Crippen LogP contribution in [0.1, 0.15) is 17.0 Å². The van der Waals surface area contributed by atoms with Crippen LogP contribution in [0, 0.1) is 0 Å². The zero-order chi connectivity index (χ0) is 18.6. The van der Waals surface area contributed by atoms with Gasteiger partial charge in [-0.3, -0.25) is 9.69 Å². The van der Waals surface area contributed by atoms with Crippen molar-refractivity contribution in [3.63, 3.8) is 0 Å². The molecule has 7 nitrogen and oxygen atoms in total. The third-order valence-electron chi connectivity index (χ3n) is 5.20. The molecule has 2 aromatic rings. The van der Waals surface area contributed by atoms with E-state index in [4.69, 9.17) is 4.74 Å². The third kappa shape index (κ3) is 4.34. The molecule has 27 heavy (non-hydrogen) atoms. The summed E-state index contributed by atoms with van der Waals surface area (Å²) < 4.78 is 7.39. The summed E-state index contributed by atoms with van der Waals surface area (Å²) in [4.78, 5) is 16.9. The highest BCUT2D eigenvalue weighted by atomic mass is 32.2. The van der Waals surface area contributed by atoms with E-state index in [1.807, 2.05) is 22.6 Å². The van der Waals surface area contributed by atoms with E-state index in [1.165, 1.54) is 22.9 Å². The Bertz CT molecular complexity index is 803. The van der Waals surface area contributed by atoms with Crippen LogP contribution in [0.25, 0.3) is 0 Å². The zero-order valence-corrected chi connectivity index (χ0v) is 16.5. The predicted octanol–water partition coefficient (Wildman–Crippen LogP) is 1.32. The van der Waals surface area contributed by atoms with Crippen molar-refractivity contribution < 1.29 is 9.53 Å². The van der Waals surface area contributed by atoms with E-state index in [0.29, 0.717) is 12.3 Å². The first kappa shape index (κ1) is 18.5. The second-order valence-corrected chi connectivity index (χ2v) is 7.91. The smallest absolute Gasteiger partial charge is 0.233 e. The largest absolute Gasteiger partial charge is 0.379 e. The van der Waals surface area contributed by atoms with Gasteiger partial charge in [0.1, 0.15) is 5.82 Å². The number of hydrogen-bond acceptors (Lipinski definition) is 6. The number of nitrogens with zero attached hydrogens (tertiary/aromatic N) is 5. The lowest BCUT2D eigenvalue weighted by Crippen LogP contribution is -2.37. The lowest BCUT2D eigenvalue weighted by Gasteiger charge is -2.28. The Kier molecular flexibility index (Phi) is 5.75. The Hall–Kier alpha value is -1.90. The maximum atomic E-state index is 12.6. The zero-order valence-electron chi connectivity index (χ0n) is 15.6. The molecule has 1 fully saturated rings. The van der Waals surface area contributed by atoms with Gasteiger partial charge in [-0.1, -0.05) is 36.0 Å². The summed E-state index contributed by atoms with van der Waals surface area (Å²) in [7, 11) is 1.97. The molecule has 8 heteroatoms. The van der Waals surface area contributed by atoms with Crippen molar-refractivity contribution in [2.75, 3.05) is 38.6 Å². The summed E-state index contributed by atoms with van der Waals surface area (Å²) in [6.45, 7) is 5.65. The Morgan fingerprint density at radius 2 is 1.93 bits per heavy atom. The lowest BCUT2D eigenvalue weighted by molar-refractivity contribution is -0.129. The van der Waals surface area contributed by atoms with Crippen LogP contribution in [0.4, 0.5) is 0 Å². The van der Waals surface area contributed by atoms with Crippen molar-refractivity contribution in [2.45, 2.75) is 24.7 Å². The van der Waals surface area contributed by atoms with Gasteiger partial charge in [-0.25, -0.2) is 0 Å². The van der Waals surface area contributed by atoms with Gasteiger partial charge in [0.2, 0.25) is 5.91 Å². The first-order valence-corrected chi connectivity index (χ1v) is 10.3. The van der Waals surface area contributed by atoms with Gasteiger partial charge >= 0.3 is 0 Å². The normalized spacial score (nSPS) is 17.7. The van der Waals surface area contributed by atoms with Gasteiger partial charge in [-0.2, -0.15) is 0 Å². The summed E-state index contributed by atoms with van der Waals surface area (Å²) in [5.74, 6) is 1.48. The van der Waals surface area contributed by atoms with E-state index in [9.17, 15) is 4.79 Å². The van der Waals surface area contributed by atoms with Gasteiger partial charge in [-0.15, -0.1) is 10.2 Å². The number of amides is 1. The molecule has 144 valence electrons. The molecule has 0 saturated carbocycles. The van der Waals surface area contributed by atoms with Crippen LogP contribution in [0.15, 0.2) is 29.4 Å². The van der Waals surface area contributed by atoms with Crippen molar-refractivity contribution in [3.8, 4) is 0 Å². The van der Waals surface area contributed by atoms with Crippen LogP contribution in [-0.2, 0) is 36.1 Å². The van der Waals surface area contributed by atoms with Crippen LogP contribution < -0.4 is 0 Å². The number of benzene rings is 1. The molecule has 4 rings (SSSR count).